The topological polar surface area (TPSA) is 198 Å². The Bertz CT molecular complexity index is 1100. The zero-order valence-electron chi connectivity index (χ0n) is 33.7. The first-order valence-electron chi connectivity index (χ1n) is 21.6. The second-order valence-corrected chi connectivity index (χ2v) is 15.5. The molecular formula is C43H76N2O10. The Hall–Kier alpha value is -2.16. The Balaban J connectivity index is 1.68. The lowest BCUT2D eigenvalue weighted by molar-refractivity contribution is -0.303. The van der Waals surface area contributed by atoms with E-state index in [1.54, 1.807) is 0 Å². The van der Waals surface area contributed by atoms with Crippen LogP contribution < -0.4 is 10.6 Å². The molecule has 0 spiro atoms. The molecule has 1 aliphatic heterocycles. The van der Waals surface area contributed by atoms with Gasteiger partial charge in [0.05, 0.1) is 25.4 Å². The van der Waals surface area contributed by atoms with Crippen LogP contribution >= 0.6 is 0 Å². The fourth-order valence-corrected chi connectivity index (χ4v) is 7.08. The van der Waals surface area contributed by atoms with Gasteiger partial charge < -0.3 is 50.7 Å². The maximum atomic E-state index is 13.0. The van der Waals surface area contributed by atoms with Crippen molar-refractivity contribution in [2.24, 2.45) is 0 Å². The molecule has 0 unspecified atom stereocenters. The van der Waals surface area contributed by atoms with E-state index in [-0.39, 0.29) is 24.8 Å². The van der Waals surface area contributed by atoms with E-state index in [2.05, 4.69) is 17.6 Å². The molecule has 0 saturated carbocycles. The van der Waals surface area contributed by atoms with Crippen molar-refractivity contribution < 1.29 is 49.7 Å². The smallest absolute Gasteiger partial charge is 0.251 e. The monoisotopic (exact) mass is 781 g/mol. The minimum absolute atomic E-state index is 0.0370. The molecule has 0 aromatic heterocycles. The van der Waals surface area contributed by atoms with E-state index in [9.17, 15) is 40.2 Å². The first-order valence-corrected chi connectivity index (χ1v) is 21.6. The van der Waals surface area contributed by atoms with Crippen molar-refractivity contribution in [1.29, 1.82) is 0 Å². The highest BCUT2D eigenvalue weighted by Gasteiger charge is 2.44. The van der Waals surface area contributed by atoms with Crippen molar-refractivity contribution >= 4 is 11.8 Å². The molecule has 8 atom stereocenters. The van der Waals surface area contributed by atoms with Gasteiger partial charge in [0.15, 0.2) is 6.29 Å². The van der Waals surface area contributed by atoms with Crippen molar-refractivity contribution in [2.45, 2.75) is 204 Å². The number of hydrogen-bond acceptors (Lipinski definition) is 10. The number of amides is 2. The van der Waals surface area contributed by atoms with Crippen LogP contribution in [0.1, 0.15) is 165 Å². The van der Waals surface area contributed by atoms with Crippen LogP contribution in [0.2, 0.25) is 0 Å². The minimum atomic E-state index is -1.62. The third kappa shape index (κ3) is 21.3. The Morgan fingerprint density at radius 1 is 0.709 bits per heavy atom. The lowest BCUT2D eigenvalue weighted by Crippen LogP contribution is -2.60. The molecule has 1 saturated heterocycles. The van der Waals surface area contributed by atoms with E-state index in [4.69, 9.17) is 9.47 Å². The summed E-state index contributed by atoms with van der Waals surface area (Å²) >= 11 is 0. The molecule has 2 amide bonds. The third-order valence-electron chi connectivity index (χ3n) is 10.7. The Kier molecular flexibility index (Phi) is 27.5. The van der Waals surface area contributed by atoms with Gasteiger partial charge in [-0.2, -0.15) is 0 Å². The molecule has 0 bridgehead atoms. The quantitative estimate of drug-likeness (QED) is 0.0426. The van der Waals surface area contributed by atoms with Crippen molar-refractivity contribution in [3.05, 3.63) is 35.9 Å². The summed E-state index contributed by atoms with van der Waals surface area (Å²) in [6.07, 6.45) is 14.0. The molecule has 8 N–H and O–H groups in total. The van der Waals surface area contributed by atoms with Gasteiger partial charge in [0.25, 0.3) is 5.91 Å². The maximum absolute atomic E-state index is 13.0. The standard InChI is InChI=1S/C43H76N2O10/c1-2-3-4-5-6-7-8-9-11-14-17-23-28-35(47)38(49)34(32-54-43-41(52)40(51)39(50)36(31-46)55-43)45-37(48)29-24-18-15-12-10-13-16-19-25-30-44-42(53)33-26-21-20-22-27-33/h20-22,26-27,34-36,38-41,43,46-47,49-52H,2-19,23-25,28-32H2,1H3,(H,44,53)(H,45,48)/t34-,35+,36+,38-,39-,40-,41+,43-/m0/s1. The van der Waals surface area contributed by atoms with Crippen LogP contribution in [0.4, 0.5) is 0 Å². The molecule has 1 heterocycles. The van der Waals surface area contributed by atoms with Crippen LogP contribution in [0.25, 0.3) is 0 Å². The summed E-state index contributed by atoms with van der Waals surface area (Å²) in [5.41, 5.74) is 0.678. The van der Waals surface area contributed by atoms with Gasteiger partial charge in [-0.1, -0.05) is 147 Å². The van der Waals surface area contributed by atoms with Crippen molar-refractivity contribution in [3.63, 3.8) is 0 Å². The van der Waals surface area contributed by atoms with Crippen LogP contribution in [0.5, 0.6) is 0 Å². The summed E-state index contributed by atoms with van der Waals surface area (Å²) < 4.78 is 11.1. The second-order valence-electron chi connectivity index (χ2n) is 15.5. The molecule has 318 valence electrons. The number of unbranched alkanes of at least 4 members (excludes halogenated alkanes) is 19. The van der Waals surface area contributed by atoms with Gasteiger partial charge in [-0.15, -0.1) is 0 Å². The predicted octanol–water partition coefficient (Wildman–Crippen LogP) is 5.43. The van der Waals surface area contributed by atoms with E-state index >= 15 is 0 Å². The summed E-state index contributed by atoms with van der Waals surface area (Å²) in [5, 5.41) is 68.0. The highest BCUT2D eigenvalue weighted by Crippen LogP contribution is 2.23. The third-order valence-corrected chi connectivity index (χ3v) is 10.7. The maximum Gasteiger partial charge on any atom is 0.251 e. The molecule has 2 rings (SSSR count). The highest BCUT2D eigenvalue weighted by molar-refractivity contribution is 5.94. The summed E-state index contributed by atoms with van der Waals surface area (Å²) in [6.45, 7) is 1.96. The van der Waals surface area contributed by atoms with Gasteiger partial charge >= 0.3 is 0 Å². The van der Waals surface area contributed by atoms with Crippen LogP contribution in [-0.2, 0) is 14.3 Å². The van der Waals surface area contributed by atoms with Gasteiger partial charge in [-0.3, -0.25) is 9.59 Å². The van der Waals surface area contributed by atoms with Crippen LogP contribution in [0, 0.1) is 0 Å². The average Bonchev–Trinajstić information content (AvgIpc) is 3.19. The van der Waals surface area contributed by atoms with Crippen LogP contribution in [-0.4, -0.2) is 111 Å². The molecule has 12 heteroatoms. The molecule has 1 aliphatic rings. The van der Waals surface area contributed by atoms with Gasteiger partial charge in [0, 0.05) is 18.5 Å². The average molecular weight is 781 g/mol. The number of ether oxygens (including phenoxy) is 2. The molecule has 0 aliphatic carbocycles. The normalized spacial score (nSPS) is 21.5. The molecule has 55 heavy (non-hydrogen) atoms. The first-order chi connectivity index (χ1) is 26.7. The van der Waals surface area contributed by atoms with Crippen molar-refractivity contribution in [2.75, 3.05) is 19.8 Å². The number of aliphatic hydroxyl groups excluding tert-OH is 6. The van der Waals surface area contributed by atoms with Gasteiger partial charge in [-0.25, -0.2) is 0 Å². The van der Waals surface area contributed by atoms with E-state index < -0.39 is 55.6 Å². The zero-order chi connectivity index (χ0) is 40.1. The summed E-state index contributed by atoms with van der Waals surface area (Å²) in [7, 11) is 0. The summed E-state index contributed by atoms with van der Waals surface area (Å²) in [4.78, 5) is 25.1. The molecule has 12 nitrogen and oxygen atoms in total. The number of carbonyl (C=O) groups excluding carboxylic acids is 2. The van der Waals surface area contributed by atoms with E-state index in [0.717, 1.165) is 77.0 Å². The number of benzene rings is 1. The largest absolute Gasteiger partial charge is 0.394 e. The number of carbonyl (C=O) groups is 2. The first kappa shape index (κ1) is 49.0. The summed E-state index contributed by atoms with van der Waals surface area (Å²) in [6, 6.07) is 8.20. The fraction of sp³-hybridized carbons (Fsp3) is 0.814. The highest BCUT2D eigenvalue weighted by atomic mass is 16.7. The number of nitrogens with one attached hydrogen (secondary N) is 2. The summed E-state index contributed by atoms with van der Waals surface area (Å²) in [5.74, 6) is -0.330. The van der Waals surface area contributed by atoms with E-state index in [1.807, 2.05) is 30.3 Å². The second kappa shape index (κ2) is 30.9. The molecule has 1 fully saturated rings. The number of aliphatic hydroxyl groups is 6. The lowest BCUT2D eigenvalue weighted by atomic mass is 9.98. The molecule has 1 aromatic rings. The predicted molar refractivity (Wildman–Crippen MR) is 214 cm³/mol. The molecular weight excluding hydrogens is 704 g/mol. The van der Waals surface area contributed by atoms with E-state index in [1.165, 1.54) is 51.4 Å². The van der Waals surface area contributed by atoms with Gasteiger partial charge in [0.1, 0.15) is 30.5 Å². The Morgan fingerprint density at radius 2 is 1.24 bits per heavy atom. The van der Waals surface area contributed by atoms with E-state index in [0.29, 0.717) is 24.9 Å². The minimum Gasteiger partial charge on any atom is -0.394 e. The fourth-order valence-electron chi connectivity index (χ4n) is 7.08. The van der Waals surface area contributed by atoms with Gasteiger partial charge in [-0.05, 0) is 31.4 Å². The Morgan fingerprint density at radius 3 is 1.80 bits per heavy atom. The SMILES string of the molecule is CCCCCCCCCCCCCC[C@@H](O)[C@@H](O)[C@H](CO[C@H]1O[C@H](CO)[C@H](O)[C@H](O)[C@H]1O)NC(=O)CCCCCCCCCCCNC(=O)c1ccccc1. The zero-order valence-corrected chi connectivity index (χ0v) is 33.7. The molecule has 1 aromatic carbocycles. The van der Waals surface area contributed by atoms with Crippen LogP contribution in [0.3, 0.4) is 0 Å². The number of hydrogen-bond donors (Lipinski definition) is 8. The van der Waals surface area contributed by atoms with Gasteiger partial charge in [0.2, 0.25) is 5.91 Å². The van der Waals surface area contributed by atoms with Crippen LogP contribution in [0.15, 0.2) is 30.3 Å². The lowest BCUT2D eigenvalue weighted by Gasteiger charge is -2.40. The van der Waals surface area contributed by atoms with Crippen molar-refractivity contribution in [3.8, 4) is 0 Å². The van der Waals surface area contributed by atoms with Crippen molar-refractivity contribution in [1.82, 2.24) is 10.6 Å². The number of rotatable bonds is 33. The Labute approximate surface area is 330 Å². The molecule has 0 radical (unpaired) electrons.